The molecule has 6 heteroatoms. The number of alkyl carbamates (subject to hydrolysis) is 1. The molecule has 0 saturated carbocycles. The van der Waals surface area contributed by atoms with Gasteiger partial charge in [0.1, 0.15) is 0 Å². The minimum Gasteiger partial charge on any atom is -0.453 e. The van der Waals surface area contributed by atoms with E-state index in [1.807, 2.05) is 30.3 Å². The lowest BCUT2D eigenvalue weighted by molar-refractivity contribution is -0.520. The molecule has 1 amide bonds. The fraction of sp³-hybridized carbons (Fsp3) is 0.308. The molecule has 1 aromatic rings. The molecule has 0 radical (unpaired) electrons. The molecule has 0 fully saturated rings. The van der Waals surface area contributed by atoms with Gasteiger partial charge in [-0.05, 0) is 5.56 Å². The first kappa shape index (κ1) is 14.7. The number of nitro groups is 1. The van der Waals surface area contributed by atoms with Gasteiger partial charge in [0.25, 0.3) is 0 Å². The molecular formula is C13H16N2O4. The van der Waals surface area contributed by atoms with Crippen LogP contribution in [0.4, 0.5) is 4.79 Å². The van der Waals surface area contributed by atoms with Gasteiger partial charge in [-0.3, -0.25) is 15.4 Å². The summed E-state index contributed by atoms with van der Waals surface area (Å²) in [4.78, 5) is 21.5. The fourth-order valence-corrected chi connectivity index (χ4v) is 1.64. The third-order valence-corrected chi connectivity index (χ3v) is 2.73. The van der Waals surface area contributed by atoms with Gasteiger partial charge in [0.05, 0.1) is 13.0 Å². The molecule has 0 aliphatic heterocycles. The maximum absolute atomic E-state index is 10.9. The first-order valence-electron chi connectivity index (χ1n) is 5.76. The maximum Gasteiger partial charge on any atom is 0.410 e. The molecule has 1 N–H and O–H groups in total. The van der Waals surface area contributed by atoms with Crippen molar-refractivity contribution in [1.82, 2.24) is 5.32 Å². The van der Waals surface area contributed by atoms with Crippen molar-refractivity contribution in [2.24, 2.45) is 0 Å². The van der Waals surface area contributed by atoms with Gasteiger partial charge >= 0.3 is 6.09 Å². The topological polar surface area (TPSA) is 81.5 Å². The Balaban J connectivity index is 2.88. The Hall–Kier alpha value is -2.37. The van der Waals surface area contributed by atoms with Gasteiger partial charge in [0, 0.05) is 18.0 Å². The monoisotopic (exact) mass is 264 g/mol. The number of hydrogen-bond donors (Lipinski definition) is 1. The predicted octanol–water partition coefficient (Wildman–Crippen LogP) is 2.31. The quantitative estimate of drug-likeness (QED) is 0.653. The standard InChI is InChI=1S/C13H16N2O4/c1-10(15(17)18)12(8-9-14-13(16)19-2)11-6-4-3-5-7-11/h3-10,12H,1-2H3,(H,14,16)/b9-8+. The highest BCUT2D eigenvalue weighted by Gasteiger charge is 2.25. The summed E-state index contributed by atoms with van der Waals surface area (Å²) in [5.74, 6) is -0.423. The molecule has 0 aliphatic carbocycles. The molecule has 1 aromatic carbocycles. The van der Waals surface area contributed by atoms with Crippen LogP contribution in [0.2, 0.25) is 0 Å². The number of nitrogens with one attached hydrogen (secondary N) is 1. The largest absolute Gasteiger partial charge is 0.453 e. The Morgan fingerprint density at radius 3 is 2.58 bits per heavy atom. The summed E-state index contributed by atoms with van der Waals surface area (Å²) >= 11 is 0. The van der Waals surface area contributed by atoms with Gasteiger partial charge in [-0.15, -0.1) is 0 Å². The number of rotatable bonds is 5. The first-order valence-corrected chi connectivity index (χ1v) is 5.76. The van der Waals surface area contributed by atoms with Crippen LogP contribution in [0.15, 0.2) is 42.6 Å². The molecule has 0 aliphatic rings. The van der Waals surface area contributed by atoms with Gasteiger partial charge in [0.2, 0.25) is 6.04 Å². The number of ether oxygens (including phenoxy) is 1. The Kier molecular flexibility index (Phi) is 5.53. The number of nitrogens with zero attached hydrogens (tertiary/aromatic N) is 1. The molecular weight excluding hydrogens is 248 g/mol. The highest BCUT2D eigenvalue weighted by atomic mass is 16.6. The van der Waals surface area contributed by atoms with Crippen molar-refractivity contribution in [3.05, 3.63) is 58.3 Å². The Morgan fingerprint density at radius 2 is 2.05 bits per heavy atom. The summed E-state index contributed by atoms with van der Waals surface area (Å²) in [6.45, 7) is 1.53. The molecule has 6 nitrogen and oxygen atoms in total. The van der Waals surface area contributed by atoms with Gasteiger partial charge in [0.15, 0.2) is 0 Å². The third kappa shape index (κ3) is 4.42. The minimum atomic E-state index is -0.793. The van der Waals surface area contributed by atoms with Crippen molar-refractivity contribution < 1.29 is 14.5 Å². The minimum absolute atomic E-state index is 0.347. The SMILES string of the molecule is COC(=O)N/C=C/C(c1ccccc1)C(C)[N+](=O)[O-]. The Labute approximate surface area is 111 Å². The zero-order valence-electron chi connectivity index (χ0n) is 10.8. The van der Waals surface area contributed by atoms with Crippen molar-refractivity contribution in [3.63, 3.8) is 0 Å². The van der Waals surface area contributed by atoms with Gasteiger partial charge in [-0.25, -0.2) is 4.79 Å². The van der Waals surface area contributed by atoms with E-state index in [2.05, 4.69) is 10.1 Å². The lowest BCUT2D eigenvalue weighted by atomic mass is 9.93. The number of carbonyl (C=O) groups excluding carboxylic acids is 1. The smallest absolute Gasteiger partial charge is 0.410 e. The predicted molar refractivity (Wildman–Crippen MR) is 70.3 cm³/mol. The fourth-order valence-electron chi connectivity index (χ4n) is 1.64. The lowest BCUT2D eigenvalue weighted by Gasteiger charge is -2.14. The average molecular weight is 264 g/mol. The molecule has 102 valence electrons. The van der Waals surface area contributed by atoms with E-state index in [9.17, 15) is 14.9 Å². The summed E-state index contributed by atoms with van der Waals surface area (Å²) in [7, 11) is 1.25. The number of methoxy groups -OCH3 is 1. The zero-order chi connectivity index (χ0) is 14.3. The second-order valence-electron chi connectivity index (χ2n) is 3.96. The Bertz CT molecular complexity index is 459. The molecule has 19 heavy (non-hydrogen) atoms. The van der Waals surface area contributed by atoms with Crippen molar-refractivity contribution in [3.8, 4) is 0 Å². The highest BCUT2D eigenvalue weighted by Crippen LogP contribution is 2.22. The second kappa shape index (κ2) is 7.15. The second-order valence-corrected chi connectivity index (χ2v) is 3.96. The molecule has 0 heterocycles. The van der Waals surface area contributed by atoms with E-state index in [1.54, 1.807) is 6.08 Å². The van der Waals surface area contributed by atoms with E-state index in [1.165, 1.54) is 20.2 Å². The molecule has 0 aromatic heterocycles. The summed E-state index contributed by atoms with van der Waals surface area (Å²) in [6, 6.07) is 8.31. The zero-order valence-corrected chi connectivity index (χ0v) is 10.8. The number of hydrogen-bond acceptors (Lipinski definition) is 4. The van der Waals surface area contributed by atoms with Crippen LogP contribution >= 0.6 is 0 Å². The van der Waals surface area contributed by atoms with Crippen LogP contribution < -0.4 is 5.32 Å². The van der Waals surface area contributed by atoms with Crippen molar-refractivity contribution in [1.29, 1.82) is 0 Å². The Morgan fingerprint density at radius 1 is 1.42 bits per heavy atom. The maximum atomic E-state index is 10.9. The van der Waals surface area contributed by atoms with Gasteiger partial charge in [-0.2, -0.15) is 0 Å². The van der Waals surface area contributed by atoms with Gasteiger partial charge < -0.3 is 4.74 Å². The molecule has 0 bridgehead atoms. The third-order valence-electron chi connectivity index (χ3n) is 2.73. The van der Waals surface area contributed by atoms with Crippen molar-refractivity contribution >= 4 is 6.09 Å². The van der Waals surface area contributed by atoms with E-state index in [0.717, 1.165) is 5.56 Å². The molecule has 0 saturated heterocycles. The van der Waals surface area contributed by atoms with Crippen LogP contribution in [0.5, 0.6) is 0 Å². The van der Waals surface area contributed by atoms with E-state index < -0.39 is 18.1 Å². The van der Waals surface area contributed by atoms with Crippen LogP contribution in [0.25, 0.3) is 0 Å². The van der Waals surface area contributed by atoms with E-state index in [-0.39, 0.29) is 4.92 Å². The van der Waals surface area contributed by atoms with Crippen molar-refractivity contribution in [2.75, 3.05) is 7.11 Å². The van der Waals surface area contributed by atoms with Gasteiger partial charge in [-0.1, -0.05) is 36.4 Å². The summed E-state index contributed by atoms with van der Waals surface area (Å²) in [5.41, 5.74) is 0.814. The molecule has 2 unspecified atom stereocenters. The number of amides is 1. The van der Waals surface area contributed by atoms with Crippen LogP contribution in [0.1, 0.15) is 18.4 Å². The molecule has 2 atom stereocenters. The highest BCUT2D eigenvalue weighted by molar-refractivity contribution is 5.68. The molecule has 1 rings (SSSR count). The first-order chi connectivity index (χ1) is 9.06. The van der Waals surface area contributed by atoms with Crippen LogP contribution in [-0.4, -0.2) is 24.2 Å². The van der Waals surface area contributed by atoms with Crippen LogP contribution in [0.3, 0.4) is 0 Å². The molecule has 0 spiro atoms. The summed E-state index contributed by atoms with van der Waals surface area (Å²) < 4.78 is 4.41. The normalized spacial score (nSPS) is 13.8. The van der Waals surface area contributed by atoms with E-state index in [0.29, 0.717) is 0 Å². The van der Waals surface area contributed by atoms with Crippen LogP contribution in [0, 0.1) is 10.1 Å². The van der Waals surface area contributed by atoms with E-state index in [4.69, 9.17) is 0 Å². The van der Waals surface area contributed by atoms with Crippen molar-refractivity contribution in [2.45, 2.75) is 18.9 Å². The summed E-state index contributed by atoms with van der Waals surface area (Å²) in [6.07, 6.45) is 2.33. The lowest BCUT2D eigenvalue weighted by Crippen LogP contribution is -2.24. The number of carbonyl (C=O) groups is 1. The van der Waals surface area contributed by atoms with Crippen LogP contribution in [-0.2, 0) is 4.74 Å². The average Bonchev–Trinajstić information content (AvgIpc) is 2.43. The summed E-state index contributed by atoms with van der Waals surface area (Å²) in [5, 5.41) is 13.3. The number of benzene rings is 1. The van der Waals surface area contributed by atoms with E-state index >= 15 is 0 Å².